The molecule has 0 bridgehead atoms. The molecule has 12 heavy (non-hydrogen) atoms. The van der Waals surface area contributed by atoms with Crippen LogP contribution in [0.3, 0.4) is 0 Å². The van der Waals surface area contributed by atoms with Crippen LogP contribution in [0.1, 0.15) is 26.7 Å². The highest BCUT2D eigenvalue weighted by Gasteiger charge is 1.87. The van der Waals surface area contributed by atoms with Gasteiger partial charge < -0.3 is 10.2 Å². The van der Waals surface area contributed by atoms with Crippen LogP contribution in [-0.4, -0.2) is 22.4 Å². The predicted molar refractivity (Wildman–Crippen MR) is 48.1 cm³/mol. The SMILES string of the molecule is C[C@H](O)CC#CC#CC[C@@H](C)O. The Labute approximate surface area is 73.6 Å². The summed E-state index contributed by atoms with van der Waals surface area (Å²) in [7, 11) is 0. The summed E-state index contributed by atoms with van der Waals surface area (Å²) < 4.78 is 0. The molecule has 0 heterocycles. The highest BCUT2D eigenvalue weighted by Crippen LogP contribution is 1.85. The largest absolute Gasteiger partial charge is 0.392 e. The molecule has 0 aliphatic carbocycles. The van der Waals surface area contributed by atoms with Gasteiger partial charge in [-0.3, -0.25) is 0 Å². The summed E-state index contributed by atoms with van der Waals surface area (Å²) in [6, 6.07) is 0. The first kappa shape index (κ1) is 11.0. The van der Waals surface area contributed by atoms with Crippen LogP contribution in [0.4, 0.5) is 0 Å². The van der Waals surface area contributed by atoms with Crippen molar-refractivity contribution >= 4 is 0 Å². The van der Waals surface area contributed by atoms with Crippen LogP contribution < -0.4 is 0 Å². The monoisotopic (exact) mass is 166 g/mol. The van der Waals surface area contributed by atoms with E-state index in [1.54, 1.807) is 13.8 Å². The van der Waals surface area contributed by atoms with Gasteiger partial charge in [-0.2, -0.15) is 0 Å². The molecule has 2 heteroatoms. The van der Waals surface area contributed by atoms with Crippen LogP contribution in [-0.2, 0) is 0 Å². The first-order valence-corrected chi connectivity index (χ1v) is 3.94. The number of aliphatic hydroxyl groups excluding tert-OH is 2. The van der Waals surface area contributed by atoms with E-state index in [0.717, 1.165) is 0 Å². The van der Waals surface area contributed by atoms with Crippen molar-refractivity contribution in [2.75, 3.05) is 0 Å². The zero-order valence-electron chi connectivity index (χ0n) is 7.46. The second-order valence-corrected chi connectivity index (χ2v) is 2.71. The topological polar surface area (TPSA) is 40.5 Å². The van der Waals surface area contributed by atoms with Crippen LogP contribution in [0.15, 0.2) is 0 Å². The molecule has 0 rings (SSSR count). The Hall–Kier alpha value is -0.960. The average molecular weight is 166 g/mol. The standard InChI is InChI=1S/C10H14O2/c1-9(11)7-5-3-4-6-8-10(2)12/h9-12H,7-8H2,1-2H3/t9-,10+. The lowest BCUT2D eigenvalue weighted by molar-refractivity contribution is 0.200. The molecular weight excluding hydrogens is 152 g/mol. The Balaban J connectivity index is 3.59. The van der Waals surface area contributed by atoms with Crippen molar-refractivity contribution in [1.82, 2.24) is 0 Å². The van der Waals surface area contributed by atoms with E-state index in [1.807, 2.05) is 0 Å². The van der Waals surface area contributed by atoms with E-state index in [-0.39, 0.29) is 0 Å². The molecule has 0 saturated heterocycles. The Kier molecular flexibility index (Phi) is 6.19. The Morgan fingerprint density at radius 2 is 1.25 bits per heavy atom. The fourth-order valence-electron chi connectivity index (χ4n) is 0.486. The van der Waals surface area contributed by atoms with Gasteiger partial charge >= 0.3 is 0 Å². The lowest BCUT2D eigenvalue weighted by atomic mass is 10.3. The molecule has 2 nitrogen and oxygen atoms in total. The van der Waals surface area contributed by atoms with Crippen molar-refractivity contribution in [2.24, 2.45) is 0 Å². The fraction of sp³-hybridized carbons (Fsp3) is 0.600. The van der Waals surface area contributed by atoms with E-state index in [0.29, 0.717) is 12.8 Å². The first-order valence-electron chi connectivity index (χ1n) is 3.94. The van der Waals surface area contributed by atoms with Crippen molar-refractivity contribution in [3.8, 4) is 23.7 Å². The molecule has 0 unspecified atom stereocenters. The minimum Gasteiger partial charge on any atom is -0.392 e. The van der Waals surface area contributed by atoms with Gasteiger partial charge in [0, 0.05) is 12.8 Å². The van der Waals surface area contributed by atoms with Crippen LogP contribution in [0.5, 0.6) is 0 Å². The molecule has 0 fully saturated rings. The van der Waals surface area contributed by atoms with Gasteiger partial charge in [-0.1, -0.05) is 11.8 Å². The van der Waals surface area contributed by atoms with Crippen LogP contribution in [0.25, 0.3) is 0 Å². The molecule has 2 atom stereocenters. The molecule has 66 valence electrons. The summed E-state index contributed by atoms with van der Waals surface area (Å²) in [4.78, 5) is 0. The normalized spacial score (nSPS) is 13.3. The lowest BCUT2D eigenvalue weighted by Crippen LogP contribution is -1.96. The van der Waals surface area contributed by atoms with E-state index >= 15 is 0 Å². The number of rotatable bonds is 2. The van der Waals surface area contributed by atoms with Gasteiger partial charge in [0.15, 0.2) is 0 Å². The second-order valence-electron chi connectivity index (χ2n) is 2.71. The van der Waals surface area contributed by atoms with Gasteiger partial charge in [0.25, 0.3) is 0 Å². The van der Waals surface area contributed by atoms with Crippen LogP contribution in [0.2, 0.25) is 0 Å². The summed E-state index contributed by atoms with van der Waals surface area (Å²) in [5, 5.41) is 17.6. The van der Waals surface area contributed by atoms with E-state index in [9.17, 15) is 0 Å². The number of hydrogen-bond donors (Lipinski definition) is 2. The van der Waals surface area contributed by atoms with Gasteiger partial charge in [0.05, 0.1) is 12.2 Å². The van der Waals surface area contributed by atoms with E-state index in [2.05, 4.69) is 23.7 Å². The van der Waals surface area contributed by atoms with E-state index in [1.165, 1.54) is 0 Å². The van der Waals surface area contributed by atoms with E-state index in [4.69, 9.17) is 10.2 Å². The summed E-state index contributed by atoms with van der Waals surface area (Å²) in [6.45, 7) is 3.36. The third kappa shape index (κ3) is 9.04. The second kappa shape index (κ2) is 6.73. The zero-order chi connectivity index (χ0) is 9.40. The zero-order valence-corrected chi connectivity index (χ0v) is 7.46. The van der Waals surface area contributed by atoms with E-state index < -0.39 is 12.2 Å². The maximum atomic E-state index is 8.81. The van der Waals surface area contributed by atoms with Crippen LogP contribution in [0, 0.1) is 23.7 Å². The van der Waals surface area contributed by atoms with Crippen molar-refractivity contribution in [1.29, 1.82) is 0 Å². The predicted octanol–water partition coefficient (Wildman–Crippen LogP) is 0.535. The van der Waals surface area contributed by atoms with Gasteiger partial charge in [0.2, 0.25) is 0 Å². The van der Waals surface area contributed by atoms with Crippen LogP contribution >= 0.6 is 0 Å². The van der Waals surface area contributed by atoms with Gasteiger partial charge in [-0.25, -0.2) is 0 Å². The molecule has 0 aliphatic rings. The van der Waals surface area contributed by atoms with Gasteiger partial charge in [0.1, 0.15) is 0 Å². The van der Waals surface area contributed by atoms with Crippen molar-refractivity contribution in [3.05, 3.63) is 0 Å². The molecule has 2 N–H and O–H groups in total. The van der Waals surface area contributed by atoms with Crippen molar-refractivity contribution < 1.29 is 10.2 Å². The molecule has 0 radical (unpaired) electrons. The molecule has 0 spiro atoms. The molecule has 0 saturated carbocycles. The highest BCUT2D eigenvalue weighted by molar-refractivity contribution is 5.26. The molecule has 0 aromatic carbocycles. The quantitative estimate of drug-likeness (QED) is 0.588. The minimum absolute atomic E-state index is 0.393. The number of aliphatic hydroxyl groups is 2. The molecule has 0 aliphatic heterocycles. The molecule has 0 aromatic rings. The smallest absolute Gasteiger partial charge is 0.0621 e. The minimum atomic E-state index is -0.393. The maximum Gasteiger partial charge on any atom is 0.0621 e. The van der Waals surface area contributed by atoms with Crippen molar-refractivity contribution in [3.63, 3.8) is 0 Å². The van der Waals surface area contributed by atoms with Gasteiger partial charge in [-0.15, -0.1) is 0 Å². The summed E-state index contributed by atoms with van der Waals surface area (Å²) in [5.74, 6) is 10.6. The molecular formula is C10H14O2. The van der Waals surface area contributed by atoms with Crippen molar-refractivity contribution in [2.45, 2.75) is 38.9 Å². The molecule has 0 aromatic heterocycles. The fourth-order valence-corrected chi connectivity index (χ4v) is 0.486. The summed E-state index contributed by atoms with van der Waals surface area (Å²) in [5.41, 5.74) is 0. The Bertz CT molecular complexity index is 194. The first-order chi connectivity index (χ1) is 5.63. The summed E-state index contributed by atoms with van der Waals surface area (Å²) >= 11 is 0. The Morgan fingerprint density at radius 1 is 0.917 bits per heavy atom. The Morgan fingerprint density at radius 3 is 1.50 bits per heavy atom. The number of hydrogen-bond acceptors (Lipinski definition) is 2. The third-order valence-electron chi connectivity index (χ3n) is 1.03. The van der Waals surface area contributed by atoms with Gasteiger partial charge in [-0.05, 0) is 25.7 Å². The average Bonchev–Trinajstić information content (AvgIpc) is 1.95. The highest BCUT2D eigenvalue weighted by atomic mass is 16.3. The lowest BCUT2D eigenvalue weighted by Gasteiger charge is -1.92. The summed E-state index contributed by atoms with van der Waals surface area (Å²) in [6.07, 6.45) is 0.110. The maximum absolute atomic E-state index is 8.81. The third-order valence-corrected chi connectivity index (χ3v) is 1.03. The molecule has 0 amide bonds.